The summed E-state index contributed by atoms with van der Waals surface area (Å²) in [7, 11) is 0. The van der Waals surface area contributed by atoms with Gasteiger partial charge in [0.2, 0.25) is 0 Å². The maximum atomic E-state index is 13.3. The maximum absolute atomic E-state index is 13.3. The number of carbonyl (C=O) groups is 1. The number of carbonyl (C=O) groups excluding carboxylic acids is 1. The molecule has 2 rings (SSSR count). The van der Waals surface area contributed by atoms with E-state index in [9.17, 15) is 13.6 Å². The maximum Gasteiger partial charge on any atom is 0.255 e. The molecule has 0 atom stereocenters. The van der Waals surface area contributed by atoms with Crippen molar-refractivity contribution < 1.29 is 13.6 Å². The zero-order valence-corrected chi connectivity index (χ0v) is 11.4. The summed E-state index contributed by atoms with van der Waals surface area (Å²) in [4.78, 5) is 11.9. The van der Waals surface area contributed by atoms with Crippen molar-refractivity contribution in [1.29, 1.82) is 0 Å². The molecule has 2 aromatic carbocycles. The Morgan fingerprint density at radius 1 is 1.10 bits per heavy atom. The second-order valence-electron chi connectivity index (χ2n) is 3.90. The van der Waals surface area contributed by atoms with E-state index in [0.717, 1.165) is 12.1 Å². The van der Waals surface area contributed by atoms with Gasteiger partial charge >= 0.3 is 0 Å². The van der Waals surface area contributed by atoms with Crippen molar-refractivity contribution >= 4 is 40.5 Å². The second kappa shape index (κ2) is 5.64. The van der Waals surface area contributed by atoms with Crippen LogP contribution in [0.25, 0.3) is 0 Å². The van der Waals surface area contributed by atoms with E-state index in [4.69, 9.17) is 28.9 Å². The molecular weight excluding hydrogens is 309 g/mol. The van der Waals surface area contributed by atoms with Crippen LogP contribution in [0, 0.1) is 11.6 Å². The fourth-order valence-electron chi connectivity index (χ4n) is 1.52. The zero-order chi connectivity index (χ0) is 14.9. The molecule has 0 aliphatic rings. The van der Waals surface area contributed by atoms with Crippen LogP contribution in [0.5, 0.6) is 0 Å². The number of nitrogens with one attached hydrogen (secondary N) is 1. The molecule has 1 amide bonds. The number of amides is 1. The summed E-state index contributed by atoms with van der Waals surface area (Å²) in [5, 5.41) is 2.81. The van der Waals surface area contributed by atoms with Gasteiger partial charge in [-0.2, -0.15) is 0 Å². The van der Waals surface area contributed by atoms with Gasteiger partial charge in [0.1, 0.15) is 17.3 Å². The van der Waals surface area contributed by atoms with Crippen LogP contribution >= 0.6 is 23.2 Å². The first-order valence-electron chi connectivity index (χ1n) is 5.40. The van der Waals surface area contributed by atoms with Crippen LogP contribution in [0.3, 0.4) is 0 Å². The third kappa shape index (κ3) is 2.84. The molecule has 7 heteroatoms. The number of nitrogens with two attached hydrogens (primary N) is 1. The Morgan fingerprint density at radius 2 is 1.60 bits per heavy atom. The summed E-state index contributed by atoms with van der Waals surface area (Å²) < 4.78 is 26.6. The second-order valence-corrected chi connectivity index (χ2v) is 4.72. The third-order valence-corrected chi connectivity index (χ3v) is 3.17. The molecule has 0 spiro atoms. The minimum absolute atomic E-state index is 0.165. The lowest BCUT2D eigenvalue weighted by molar-refractivity contribution is 0.102. The Bertz CT molecular complexity index is 649. The quantitative estimate of drug-likeness (QED) is 0.819. The number of rotatable bonds is 2. The Balaban J connectivity index is 2.34. The summed E-state index contributed by atoms with van der Waals surface area (Å²) in [6.45, 7) is 0. The molecule has 0 bridgehead atoms. The average molecular weight is 317 g/mol. The average Bonchev–Trinajstić information content (AvgIpc) is 2.39. The smallest absolute Gasteiger partial charge is 0.255 e. The van der Waals surface area contributed by atoms with Gasteiger partial charge in [-0.15, -0.1) is 0 Å². The van der Waals surface area contributed by atoms with Gasteiger partial charge in [-0.1, -0.05) is 29.3 Å². The summed E-state index contributed by atoms with van der Waals surface area (Å²) in [5.74, 6) is -2.78. The van der Waals surface area contributed by atoms with E-state index in [2.05, 4.69) is 5.32 Å². The van der Waals surface area contributed by atoms with Crippen molar-refractivity contribution in [2.24, 2.45) is 0 Å². The van der Waals surface area contributed by atoms with Crippen LogP contribution in [-0.2, 0) is 0 Å². The first-order valence-corrected chi connectivity index (χ1v) is 6.15. The highest BCUT2D eigenvalue weighted by Gasteiger charge is 2.15. The molecule has 0 aliphatic heterocycles. The number of hydrogen-bond acceptors (Lipinski definition) is 2. The molecule has 2 aromatic rings. The molecule has 0 fully saturated rings. The highest BCUT2D eigenvalue weighted by atomic mass is 35.5. The predicted molar refractivity (Wildman–Crippen MR) is 75.2 cm³/mol. The first kappa shape index (κ1) is 14.6. The minimum atomic E-state index is -1.01. The summed E-state index contributed by atoms with van der Waals surface area (Å²) in [6.07, 6.45) is 0. The van der Waals surface area contributed by atoms with E-state index in [-0.39, 0.29) is 21.3 Å². The fourth-order valence-corrected chi connectivity index (χ4v) is 2.01. The van der Waals surface area contributed by atoms with Gasteiger partial charge in [-0.3, -0.25) is 4.79 Å². The van der Waals surface area contributed by atoms with E-state index >= 15 is 0 Å². The van der Waals surface area contributed by atoms with Gasteiger partial charge in [0.15, 0.2) is 0 Å². The normalized spacial score (nSPS) is 10.4. The number of hydrogen-bond donors (Lipinski definition) is 2. The molecule has 0 saturated heterocycles. The Morgan fingerprint density at radius 3 is 2.10 bits per heavy atom. The van der Waals surface area contributed by atoms with Gasteiger partial charge in [-0.05, 0) is 24.3 Å². The van der Waals surface area contributed by atoms with Crippen LogP contribution in [-0.4, -0.2) is 5.91 Å². The van der Waals surface area contributed by atoms with Crippen molar-refractivity contribution in [3.05, 3.63) is 57.6 Å². The van der Waals surface area contributed by atoms with Gasteiger partial charge in [-0.25, -0.2) is 8.78 Å². The van der Waals surface area contributed by atoms with Crippen LogP contribution in [0.4, 0.5) is 20.2 Å². The predicted octanol–water partition coefficient (Wildman–Crippen LogP) is 4.11. The van der Waals surface area contributed by atoms with Crippen molar-refractivity contribution in [2.75, 3.05) is 11.1 Å². The number of nitrogen functional groups attached to an aromatic ring is 1. The molecule has 0 saturated carbocycles. The highest BCUT2D eigenvalue weighted by molar-refractivity contribution is 6.40. The molecule has 0 radical (unpaired) electrons. The number of anilines is 2. The van der Waals surface area contributed by atoms with E-state index in [1.807, 2.05) is 0 Å². The molecule has 0 heterocycles. The summed E-state index contributed by atoms with van der Waals surface area (Å²) >= 11 is 11.8. The number of halogens is 4. The molecule has 0 aromatic heterocycles. The van der Waals surface area contributed by atoms with Crippen molar-refractivity contribution in [3.63, 3.8) is 0 Å². The van der Waals surface area contributed by atoms with Gasteiger partial charge in [0, 0.05) is 5.56 Å². The Labute approximate surface area is 123 Å². The van der Waals surface area contributed by atoms with E-state index < -0.39 is 23.2 Å². The highest BCUT2D eigenvalue weighted by Crippen LogP contribution is 2.30. The molecule has 0 aliphatic carbocycles. The lowest BCUT2D eigenvalue weighted by atomic mass is 10.1. The molecule has 20 heavy (non-hydrogen) atoms. The lowest BCUT2D eigenvalue weighted by Crippen LogP contribution is -2.14. The largest absolute Gasteiger partial charge is 0.394 e. The first-order chi connectivity index (χ1) is 9.40. The number of para-hydroxylation sites is 1. The van der Waals surface area contributed by atoms with Gasteiger partial charge in [0.05, 0.1) is 15.7 Å². The summed E-state index contributed by atoms with van der Waals surface area (Å²) in [5.41, 5.74) is 4.42. The Hall–Kier alpha value is -1.85. The van der Waals surface area contributed by atoms with E-state index in [1.165, 1.54) is 12.1 Å². The van der Waals surface area contributed by atoms with Crippen molar-refractivity contribution in [1.82, 2.24) is 0 Å². The van der Waals surface area contributed by atoms with Crippen molar-refractivity contribution in [2.45, 2.75) is 0 Å². The van der Waals surface area contributed by atoms with E-state index in [1.54, 1.807) is 6.07 Å². The van der Waals surface area contributed by atoms with Crippen molar-refractivity contribution in [3.8, 4) is 0 Å². The zero-order valence-electron chi connectivity index (χ0n) is 9.88. The fraction of sp³-hybridized carbons (Fsp3) is 0. The van der Waals surface area contributed by atoms with Crippen LogP contribution in [0.2, 0.25) is 10.0 Å². The monoisotopic (exact) mass is 316 g/mol. The van der Waals surface area contributed by atoms with E-state index in [0.29, 0.717) is 0 Å². The number of benzene rings is 2. The standard InChI is InChI=1S/C13H8Cl2F2N2O/c14-7-2-1-3-8(15)12(7)19-13(20)6-4-9(16)11(18)10(17)5-6/h1-5H,18H2,(H,19,20). The lowest BCUT2D eigenvalue weighted by Gasteiger charge is -2.10. The van der Waals surface area contributed by atoms with Crippen LogP contribution in [0.1, 0.15) is 10.4 Å². The topological polar surface area (TPSA) is 55.1 Å². The SMILES string of the molecule is Nc1c(F)cc(C(=O)Nc2c(Cl)cccc2Cl)cc1F. The Kier molecular flexibility index (Phi) is 4.11. The van der Waals surface area contributed by atoms with Gasteiger partial charge in [0.25, 0.3) is 5.91 Å². The molecule has 104 valence electrons. The van der Waals surface area contributed by atoms with Gasteiger partial charge < -0.3 is 11.1 Å². The molecule has 3 N–H and O–H groups in total. The minimum Gasteiger partial charge on any atom is -0.394 e. The third-order valence-electron chi connectivity index (χ3n) is 2.54. The molecular formula is C13H8Cl2F2N2O. The summed E-state index contributed by atoms with van der Waals surface area (Å²) in [6, 6.07) is 6.31. The van der Waals surface area contributed by atoms with Crippen LogP contribution in [0.15, 0.2) is 30.3 Å². The molecule has 3 nitrogen and oxygen atoms in total. The van der Waals surface area contributed by atoms with Crippen LogP contribution < -0.4 is 11.1 Å². The molecule has 0 unspecified atom stereocenters.